The standard InChI is InChI=1S/C7H11N3O/c1-6-8-7(9-11-6)10-4-2-3-5-10/h2-5H2,1H3. The molecule has 1 saturated heterocycles. The van der Waals surface area contributed by atoms with E-state index < -0.39 is 0 Å². The van der Waals surface area contributed by atoms with Crippen LogP contribution in [0.25, 0.3) is 0 Å². The Morgan fingerprint density at radius 3 is 2.64 bits per heavy atom. The third kappa shape index (κ3) is 1.20. The molecule has 1 aromatic rings. The van der Waals surface area contributed by atoms with Crippen LogP contribution in [0.5, 0.6) is 0 Å². The van der Waals surface area contributed by atoms with Crippen molar-refractivity contribution in [3.63, 3.8) is 0 Å². The molecule has 0 aliphatic carbocycles. The molecule has 1 fully saturated rings. The van der Waals surface area contributed by atoms with Gasteiger partial charge in [-0.1, -0.05) is 0 Å². The smallest absolute Gasteiger partial charge is 0.266 e. The Hall–Kier alpha value is -1.06. The van der Waals surface area contributed by atoms with Crippen molar-refractivity contribution < 1.29 is 4.52 Å². The summed E-state index contributed by atoms with van der Waals surface area (Å²) < 4.78 is 4.87. The molecule has 0 amide bonds. The molecule has 0 bridgehead atoms. The Balaban J connectivity index is 2.15. The maximum absolute atomic E-state index is 4.87. The molecule has 0 spiro atoms. The SMILES string of the molecule is Cc1nc(N2CCCC2)no1. The van der Waals surface area contributed by atoms with Gasteiger partial charge in [-0.05, 0) is 18.0 Å². The minimum Gasteiger partial charge on any atom is -0.338 e. The van der Waals surface area contributed by atoms with E-state index in [9.17, 15) is 0 Å². The van der Waals surface area contributed by atoms with Gasteiger partial charge in [-0.25, -0.2) is 0 Å². The number of aromatic nitrogens is 2. The van der Waals surface area contributed by atoms with Crippen LogP contribution in [0, 0.1) is 6.92 Å². The molecule has 2 rings (SSSR count). The molecule has 1 aliphatic heterocycles. The fourth-order valence-corrected chi connectivity index (χ4v) is 1.33. The van der Waals surface area contributed by atoms with E-state index in [0.29, 0.717) is 5.89 Å². The highest BCUT2D eigenvalue weighted by Gasteiger charge is 2.16. The molecule has 60 valence electrons. The summed E-state index contributed by atoms with van der Waals surface area (Å²) in [5.41, 5.74) is 0. The molecule has 2 heterocycles. The van der Waals surface area contributed by atoms with Crippen molar-refractivity contribution in [2.45, 2.75) is 19.8 Å². The molecular weight excluding hydrogens is 142 g/mol. The quantitative estimate of drug-likeness (QED) is 0.603. The minimum atomic E-state index is 0.645. The molecule has 0 aromatic carbocycles. The molecule has 4 nitrogen and oxygen atoms in total. The maximum atomic E-state index is 4.87. The number of rotatable bonds is 1. The molecule has 1 aromatic heterocycles. The van der Waals surface area contributed by atoms with Crippen LogP contribution in [0.4, 0.5) is 5.95 Å². The average Bonchev–Trinajstić information content (AvgIpc) is 2.55. The van der Waals surface area contributed by atoms with Crippen LogP contribution in [0.3, 0.4) is 0 Å². The van der Waals surface area contributed by atoms with Crippen molar-refractivity contribution in [1.29, 1.82) is 0 Å². The molecule has 0 unspecified atom stereocenters. The predicted molar refractivity (Wildman–Crippen MR) is 40.5 cm³/mol. The minimum absolute atomic E-state index is 0.645. The molecule has 11 heavy (non-hydrogen) atoms. The lowest BCUT2D eigenvalue weighted by Crippen LogP contribution is -2.18. The average molecular weight is 153 g/mol. The Labute approximate surface area is 65.2 Å². The summed E-state index contributed by atoms with van der Waals surface area (Å²) in [7, 11) is 0. The van der Waals surface area contributed by atoms with Gasteiger partial charge < -0.3 is 9.42 Å². The van der Waals surface area contributed by atoms with E-state index in [2.05, 4.69) is 15.0 Å². The predicted octanol–water partition coefficient (Wildman–Crippen LogP) is 0.978. The van der Waals surface area contributed by atoms with Gasteiger partial charge in [0.05, 0.1) is 0 Å². The van der Waals surface area contributed by atoms with Gasteiger partial charge in [0.25, 0.3) is 5.95 Å². The van der Waals surface area contributed by atoms with Crippen LogP contribution in [-0.2, 0) is 0 Å². The molecule has 0 N–H and O–H groups in total. The zero-order valence-corrected chi connectivity index (χ0v) is 6.58. The van der Waals surface area contributed by atoms with Crippen LogP contribution in [0.15, 0.2) is 4.52 Å². The van der Waals surface area contributed by atoms with E-state index in [1.165, 1.54) is 12.8 Å². The van der Waals surface area contributed by atoms with Crippen LogP contribution in [0.2, 0.25) is 0 Å². The highest BCUT2D eigenvalue weighted by Crippen LogP contribution is 2.15. The molecule has 0 saturated carbocycles. The van der Waals surface area contributed by atoms with E-state index in [1.54, 1.807) is 0 Å². The fraction of sp³-hybridized carbons (Fsp3) is 0.714. The van der Waals surface area contributed by atoms with E-state index in [4.69, 9.17) is 4.52 Å². The van der Waals surface area contributed by atoms with Gasteiger partial charge in [-0.15, -0.1) is 0 Å². The molecule has 1 aliphatic rings. The fourth-order valence-electron chi connectivity index (χ4n) is 1.33. The van der Waals surface area contributed by atoms with Crippen molar-refractivity contribution in [1.82, 2.24) is 10.1 Å². The molecule has 0 atom stereocenters. The molecule has 0 radical (unpaired) electrons. The first kappa shape index (κ1) is 6.64. The summed E-state index contributed by atoms with van der Waals surface area (Å²) in [6.45, 7) is 3.95. The number of nitrogens with zero attached hydrogens (tertiary/aromatic N) is 3. The highest BCUT2D eigenvalue weighted by molar-refractivity contribution is 5.28. The highest BCUT2D eigenvalue weighted by atomic mass is 16.5. The Morgan fingerprint density at radius 2 is 2.09 bits per heavy atom. The molecule has 4 heteroatoms. The van der Waals surface area contributed by atoms with Crippen molar-refractivity contribution in [3.8, 4) is 0 Å². The zero-order valence-electron chi connectivity index (χ0n) is 6.58. The lowest BCUT2D eigenvalue weighted by atomic mass is 10.4. The number of hydrogen-bond acceptors (Lipinski definition) is 4. The van der Waals surface area contributed by atoms with E-state index >= 15 is 0 Å². The van der Waals surface area contributed by atoms with E-state index in [-0.39, 0.29) is 0 Å². The summed E-state index contributed by atoms with van der Waals surface area (Å²) >= 11 is 0. The van der Waals surface area contributed by atoms with Crippen LogP contribution < -0.4 is 4.90 Å². The van der Waals surface area contributed by atoms with Crippen LogP contribution in [0.1, 0.15) is 18.7 Å². The molecular formula is C7H11N3O. The van der Waals surface area contributed by atoms with Gasteiger partial charge in [0.1, 0.15) is 0 Å². The third-order valence-corrected chi connectivity index (χ3v) is 1.91. The number of anilines is 1. The van der Waals surface area contributed by atoms with Crippen molar-refractivity contribution >= 4 is 5.95 Å². The normalized spacial score (nSPS) is 17.7. The summed E-state index contributed by atoms with van der Waals surface area (Å²) in [6, 6.07) is 0. The van der Waals surface area contributed by atoms with Crippen LogP contribution in [-0.4, -0.2) is 23.2 Å². The first-order valence-corrected chi connectivity index (χ1v) is 3.91. The Kier molecular flexibility index (Phi) is 1.52. The van der Waals surface area contributed by atoms with E-state index in [1.807, 2.05) is 6.92 Å². The van der Waals surface area contributed by atoms with Gasteiger partial charge >= 0.3 is 0 Å². The summed E-state index contributed by atoms with van der Waals surface area (Å²) in [6.07, 6.45) is 2.49. The largest absolute Gasteiger partial charge is 0.338 e. The zero-order chi connectivity index (χ0) is 7.68. The topological polar surface area (TPSA) is 42.2 Å². The summed E-state index contributed by atoms with van der Waals surface area (Å²) in [4.78, 5) is 6.29. The summed E-state index contributed by atoms with van der Waals surface area (Å²) in [5.74, 6) is 1.40. The maximum Gasteiger partial charge on any atom is 0.266 e. The number of hydrogen-bond donors (Lipinski definition) is 0. The second-order valence-corrected chi connectivity index (χ2v) is 2.81. The van der Waals surface area contributed by atoms with Crippen molar-refractivity contribution in [3.05, 3.63) is 5.89 Å². The Bertz CT molecular complexity index is 240. The van der Waals surface area contributed by atoms with Gasteiger partial charge in [0.15, 0.2) is 0 Å². The van der Waals surface area contributed by atoms with Gasteiger partial charge in [-0.3, -0.25) is 0 Å². The third-order valence-electron chi connectivity index (χ3n) is 1.91. The van der Waals surface area contributed by atoms with Gasteiger partial charge in [0.2, 0.25) is 5.89 Å². The first-order chi connectivity index (χ1) is 5.36. The number of aryl methyl sites for hydroxylation is 1. The second-order valence-electron chi connectivity index (χ2n) is 2.81. The monoisotopic (exact) mass is 153 g/mol. The van der Waals surface area contributed by atoms with E-state index in [0.717, 1.165) is 19.0 Å². The summed E-state index contributed by atoms with van der Waals surface area (Å²) in [5, 5.41) is 3.84. The van der Waals surface area contributed by atoms with Gasteiger partial charge in [-0.2, -0.15) is 4.98 Å². The lowest BCUT2D eigenvalue weighted by Gasteiger charge is -2.09. The Morgan fingerprint density at radius 1 is 1.36 bits per heavy atom. The lowest BCUT2D eigenvalue weighted by molar-refractivity contribution is 0.393. The van der Waals surface area contributed by atoms with Crippen molar-refractivity contribution in [2.24, 2.45) is 0 Å². The van der Waals surface area contributed by atoms with Gasteiger partial charge in [0, 0.05) is 20.0 Å². The van der Waals surface area contributed by atoms with Crippen LogP contribution >= 0.6 is 0 Å². The first-order valence-electron chi connectivity index (χ1n) is 3.91. The van der Waals surface area contributed by atoms with Crippen molar-refractivity contribution in [2.75, 3.05) is 18.0 Å². The second kappa shape index (κ2) is 2.53.